The lowest BCUT2D eigenvalue weighted by Gasteiger charge is -2.11. The molecule has 0 radical (unpaired) electrons. The van der Waals surface area contributed by atoms with Gasteiger partial charge in [-0.1, -0.05) is 0 Å². The average molecular weight is 255 g/mol. The van der Waals surface area contributed by atoms with Crippen molar-refractivity contribution in [1.29, 1.82) is 0 Å². The molecule has 96 valence electrons. The molecule has 0 fully saturated rings. The van der Waals surface area contributed by atoms with E-state index in [1.807, 2.05) is 28.7 Å². The topological polar surface area (TPSA) is 54.2 Å². The second kappa shape index (κ2) is 8.92. The van der Waals surface area contributed by atoms with Crippen LogP contribution in [0.3, 0.4) is 0 Å². The summed E-state index contributed by atoms with van der Waals surface area (Å²) in [6.45, 7) is 2.78. The highest BCUT2D eigenvalue weighted by atomic mass is 32.2. The predicted molar refractivity (Wildman–Crippen MR) is 74.6 cm³/mol. The van der Waals surface area contributed by atoms with Gasteiger partial charge in [-0.15, -0.1) is 0 Å². The zero-order valence-electron chi connectivity index (χ0n) is 10.5. The van der Waals surface area contributed by atoms with Crippen LogP contribution in [-0.2, 0) is 6.54 Å². The molecule has 0 aliphatic heterocycles. The lowest BCUT2D eigenvalue weighted by molar-refractivity contribution is 0.570. The van der Waals surface area contributed by atoms with E-state index in [-0.39, 0.29) is 0 Å². The van der Waals surface area contributed by atoms with Gasteiger partial charge in [0.05, 0.1) is 0 Å². The Bertz CT molecular complexity index is 310. The van der Waals surface area contributed by atoms with Crippen molar-refractivity contribution in [1.82, 2.24) is 20.4 Å². The monoisotopic (exact) mass is 255 g/mol. The van der Waals surface area contributed by atoms with E-state index in [0.29, 0.717) is 0 Å². The standard InChI is InChI=1S/C11H21N5S/c1-12-11(14-7-10-17-2)13-5-3-8-16-9-4-6-15-16/h4,6,9H,3,5,7-8,10H2,1-2H3,(H2,12,13,14). The third-order valence-electron chi connectivity index (χ3n) is 2.24. The number of nitrogens with zero attached hydrogens (tertiary/aromatic N) is 3. The molecule has 0 saturated carbocycles. The SMILES string of the molecule is CN=C(NCCCn1cccn1)NCCSC. The lowest BCUT2D eigenvalue weighted by Crippen LogP contribution is -2.39. The molecule has 1 heterocycles. The number of guanidine groups is 1. The molecule has 1 aromatic rings. The largest absolute Gasteiger partial charge is 0.356 e. The zero-order chi connectivity index (χ0) is 12.3. The molecule has 1 rings (SSSR count). The molecule has 0 atom stereocenters. The van der Waals surface area contributed by atoms with Crippen molar-refractivity contribution in [3.05, 3.63) is 18.5 Å². The molecule has 2 N–H and O–H groups in total. The molecule has 0 aliphatic carbocycles. The highest BCUT2D eigenvalue weighted by Crippen LogP contribution is 1.89. The molecule has 0 unspecified atom stereocenters. The minimum atomic E-state index is 0.875. The molecular formula is C11H21N5S. The van der Waals surface area contributed by atoms with Crippen LogP contribution in [0.4, 0.5) is 0 Å². The van der Waals surface area contributed by atoms with Crippen molar-refractivity contribution in [3.63, 3.8) is 0 Å². The number of hydrogen-bond acceptors (Lipinski definition) is 3. The van der Waals surface area contributed by atoms with Crippen LogP contribution in [0.2, 0.25) is 0 Å². The van der Waals surface area contributed by atoms with Crippen LogP contribution in [0.25, 0.3) is 0 Å². The number of aromatic nitrogens is 2. The summed E-state index contributed by atoms with van der Waals surface area (Å²) in [5.74, 6) is 1.97. The maximum Gasteiger partial charge on any atom is 0.191 e. The van der Waals surface area contributed by atoms with Crippen molar-refractivity contribution >= 4 is 17.7 Å². The molecule has 0 bridgehead atoms. The van der Waals surface area contributed by atoms with Gasteiger partial charge in [-0.25, -0.2) is 0 Å². The first-order valence-corrected chi connectivity index (χ1v) is 7.17. The second-order valence-corrected chi connectivity index (χ2v) is 4.53. The van der Waals surface area contributed by atoms with Crippen LogP contribution in [0.15, 0.2) is 23.5 Å². The summed E-state index contributed by atoms with van der Waals surface area (Å²) < 4.78 is 1.94. The Morgan fingerprint density at radius 3 is 2.88 bits per heavy atom. The van der Waals surface area contributed by atoms with Gasteiger partial charge in [-0.05, 0) is 18.7 Å². The van der Waals surface area contributed by atoms with E-state index < -0.39 is 0 Å². The lowest BCUT2D eigenvalue weighted by atomic mass is 10.4. The minimum absolute atomic E-state index is 0.875. The van der Waals surface area contributed by atoms with E-state index in [2.05, 4.69) is 27.0 Å². The maximum absolute atomic E-state index is 4.16. The van der Waals surface area contributed by atoms with Gasteiger partial charge in [0.2, 0.25) is 0 Å². The normalized spacial score (nSPS) is 11.5. The van der Waals surface area contributed by atoms with Gasteiger partial charge in [0.25, 0.3) is 0 Å². The Hall–Kier alpha value is -1.17. The summed E-state index contributed by atoms with van der Waals surface area (Å²) >= 11 is 1.82. The zero-order valence-corrected chi connectivity index (χ0v) is 11.3. The van der Waals surface area contributed by atoms with Gasteiger partial charge in [-0.3, -0.25) is 9.67 Å². The van der Waals surface area contributed by atoms with E-state index in [1.165, 1.54) is 0 Å². The average Bonchev–Trinajstić information content (AvgIpc) is 2.85. The smallest absolute Gasteiger partial charge is 0.191 e. The van der Waals surface area contributed by atoms with E-state index in [4.69, 9.17) is 0 Å². The number of hydrogen-bond donors (Lipinski definition) is 2. The summed E-state index contributed by atoms with van der Waals surface area (Å²) in [6.07, 6.45) is 6.91. The van der Waals surface area contributed by atoms with Gasteiger partial charge in [0.1, 0.15) is 0 Å². The second-order valence-electron chi connectivity index (χ2n) is 3.54. The maximum atomic E-state index is 4.16. The van der Waals surface area contributed by atoms with E-state index in [9.17, 15) is 0 Å². The summed E-state index contributed by atoms with van der Waals surface area (Å²) in [6, 6.07) is 1.94. The molecule has 17 heavy (non-hydrogen) atoms. The quantitative estimate of drug-likeness (QED) is 0.430. The van der Waals surface area contributed by atoms with Crippen LogP contribution in [0.5, 0.6) is 0 Å². The van der Waals surface area contributed by atoms with Crippen molar-refractivity contribution in [3.8, 4) is 0 Å². The molecule has 6 heteroatoms. The molecular weight excluding hydrogens is 234 g/mol. The van der Waals surface area contributed by atoms with E-state index >= 15 is 0 Å². The number of nitrogens with one attached hydrogen (secondary N) is 2. The van der Waals surface area contributed by atoms with Gasteiger partial charge < -0.3 is 10.6 Å². The van der Waals surface area contributed by atoms with Crippen molar-refractivity contribution in [2.75, 3.05) is 32.1 Å². The highest BCUT2D eigenvalue weighted by Gasteiger charge is 1.96. The van der Waals surface area contributed by atoms with Gasteiger partial charge in [0.15, 0.2) is 5.96 Å². The van der Waals surface area contributed by atoms with Crippen LogP contribution in [0.1, 0.15) is 6.42 Å². The minimum Gasteiger partial charge on any atom is -0.356 e. The van der Waals surface area contributed by atoms with Gasteiger partial charge in [0, 0.05) is 44.8 Å². The van der Waals surface area contributed by atoms with Gasteiger partial charge >= 0.3 is 0 Å². The van der Waals surface area contributed by atoms with E-state index in [0.717, 1.165) is 37.8 Å². The molecule has 0 aromatic carbocycles. The molecule has 0 amide bonds. The fraction of sp³-hybridized carbons (Fsp3) is 0.636. The van der Waals surface area contributed by atoms with Crippen molar-refractivity contribution in [2.24, 2.45) is 4.99 Å². The summed E-state index contributed by atoms with van der Waals surface area (Å²) in [4.78, 5) is 4.16. The first-order valence-electron chi connectivity index (χ1n) is 5.77. The fourth-order valence-corrected chi connectivity index (χ4v) is 1.68. The predicted octanol–water partition coefficient (Wildman–Crippen LogP) is 0.801. The summed E-state index contributed by atoms with van der Waals surface area (Å²) in [7, 11) is 1.79. The highest BCUT2D eigenvalue weighted by molar-refractivity contribution is 7.98. The van der Waals surface area contributed by atoms with E-state index in [1.54, 1.807) is 13.2 Å². The first-order chi connectivity index (χ1) is 8.36. The number of thioether (sulfide) groups is 1. The van der Waals surface area contributed by atoms with Crippen LogP contribution >= 0.6 is 11.8 Å². The Morgan fingerprint density at radius 2 is 2.24 bits per heavy atom. The Kier molecular flexibility index (Phi) is 7.29. The third kappa shape index (κ3) is 6.21. The van der Waals surface area contributed by atoms with Crippen molar-refractivity contribution in [2.45, 2.75) is 13.0 Å². The molecule has 1 aromatic heterocycles. The molecule has 5 nitrogen and oxygen atoms in total. The Morgan fingerprint density at radius 1 is 1.41 bits per heavy atom. The Labute approximate surface area is 107 Å². The number of aliphatic imine (C=N–C) groups is 1. The summed E-state index contributed by atoms with van der Waals surface area (Å²) in [5, 5.41) is 10.7. The van der Waals surface area contributed by atoms with Crippen LogP contribution in [0, 0.1) is 0 Å². The third-order valence-corrected chi connectivity index (χ3v) is 2.85. The molecule has 0 saturated heterocycles. The number of rotatable bonds is 7. The van der Waals surface area contributed by atoms with Crippen LogP contribution in [-0.4, -0.2) is 47.9 Å². The fourth-order valence-electron chi connectivity index (χ4n) is 1.37. The molecule has 0 spiro atoms. The summed E-state index contributed by atoms with van der Waals surface area (Å²) in [5.41, 5.74) is 0. The first kappa shape index (κ1) is 13.9. The number of aryl methyl sites for hydroxylation is 1. The van der Waals surface area contributed by atoms with Gasteiger partial charge in [-0.2, -0.15) is 16.9 Å². The van der Waals surface area contributed by atoms with Crippen LogP contribution < -0.4 is 10.6 Å². The molecule has 0 aliphatic rings. The van der Waals surface area contributed by atoms with Crippen molar-refractivity contribution < 1.29 is 0 Å². The Balaban J connectivity index is 2.07.